The van der Waals surface area contributed by atoms with Crippen molar-refractivity contribution in [3.05, 3.63) is 54.6 Å². The molecule has 0 aliphatic rings. The fraction of sp³-hybridized carbons (Fsp3) is 0.0667. The number of sulfone groups is 1. The molecule has 0 saturated heterocycles. The van der Waals surface area contributed by atoms with Gasteiger partial charge in [-0.15, -0.1) is 10.2 Å². The highest BCUT2D eigenvalue weighted by molar-refractivity contribution is 7.93. The molecule has 0 fully saturated rings. The molecule has 0 unspecified atom stereocenters. The zero-order valence-electron chi connectivity index (χ0n) is 11.6. The van der Waals surface area contributed by atoms with Gasteiger partial charge < -0.3 is 4.74 Å². The molecule has 1 heterocycles. The van der Waals surface area contributed by atoms with Crippen molar-refractivity contribution in [3.63, 3.8) is 0 Å². The van der Waals surface area contributed by atoms with Crippen LogP contribution in [-0.2, 0) is 9.84 Å². The number of methoxy groups -OCH3 is 1. The summed E-state index contributed by atoms with van der Waals surface area (Å²) in [6, 6.07) is 15.4. The predicted octanol–water partition coefficient (Wildman–Crippen LogP) is 3.05. The standard InChI is InChI=1S/C15H12N2O3S2/c1-20-12-9-7-11(8-10-12)14-16-17-15(21-14)22(18,19)13-5-3-2-4-6-13/h2-10H,1H3. The highest BCUT2D eigenvalue weighted by atomic mass is 32.2. The molecule has 0 bridgehead atoms. The Morgan fingerprint density at radius 2 is 1.64 bits per heavy atom. The smallest absolute Gasteiger partial charge is 0.237 e. The largest absolute Gasteiger partial charge is 0.497 e. The Balaban J connectivity index is 1.96. The maximum Gasteiger partial charge on any atom is 0.237 e. The summed E-state index contributed by atoms with van der Waals surface area (Å²) in [5.74, 6) is 0.727. The van der Waals surface area contributed by atoms with Gasteiger partial charge in [0.15, 0.2) is 0 Å². The predicted molar refractivity (Wildman–Crippen MR) is 83.8 cm³/mol. The molecular formula is C15H12N2O3S2. The van der Waals surface area contributed by atoms with Crippen LogP contribution in [0.2, 0.25) is 0 Å². The number of hydrogen-bond acceptors (Lipinski definition) is 6. The van der Waals surface area contributed by atoms with Crippen molar-refractivity contribution in [3.8, 4) is 16.3 Å². The van der Waals surface area contributed by atoms with E-state index in [0.29, 0.717) is 5.01 Å². The summed E-state index contributed by atoms with van der Waals surface area (Å²) in [5, 5.41) is 8.37. The van der Waals surface area contributed by atoms with Gasteiger partial charge in [0, 0.05) is 5.56 Å². The lowest BCUT2D eigenvalue weighted by Crippen LogP contribution is -2.00. The van der Waals surface area contributed by atoms with Gasteiger partial charge in [-0.3, -0.25) is 0 Å². The Morgan fingerprint density at radius 1 is 0.955 bits per heavy atom. The molecule has 0 radical (unpaired) electrons. The number of benzene rings is 2. The maximum atomic E-state index is 12.5. The maximum absolute atomic E-state index is 12.5. The van der Waals surface area contributed by atoms with Crippen LogP contribution in [0, 0.1) is 0 Å². The van der Waals surface area contributed by atoms with E-state index >= 15 is 0 Å². The summed E-state index contributed by atoms with van der Waals surface area (Å²) >= 11 is 1.05. The van der Waals surface area contributed by atoms with Crippen molar-refractivity contribution in [2.75, 3.05) is 7.11 Å². The number of ether oxygens (including phenoxy) is 1. The van der Waals surface area contributed by atoms with Crippen LogP contribution in [0.15, 0.2) is 63.8 Å². The molecule has 7 heteroatoms. The van der Waals surface area contributed by atoms with Crippen LogP contribution in [0.25, 0.3) is 10.6 Å². The Hall–Kier alpha value is -2.25. The summed E-state index contributed by atoms with van der Waals surface area (Å²) < 4.78 is 30.0. The molecule has 0 spiro atoms. The average Bonchev–Trinajstić information content (AvgIpc) is 3.06. The van der Waals surface area contributed by atoms with E-state index in [-0.39, 0.29) is 9.24 Å². The number of hydrogen-bond donors (Lipinski definition) is 0. The molecule has 0 aliphatic heterocycles. The van der Waals surface area contributed by atoms with Crippen molar-refractivity contribution < 1.29 is 13.2 Å². The molecule has 0 N–H and O–H groups in total. The highest BCUT2D eigenvalue weighted by Crippen LogP contribution is 2.30. The van der Waals surface area contributed by atoms with E-state index in [1.165, 1.54) is 0 Å². The van der Waals surface area contributed by atoms with Crippen molar-refractivity contribution >= 4 is 21.2 Å². The summed E-state index contributed by atoms with van der Waals surface area (Å²) in [7, 11) is -2.03. The molecule has 0 saturated carbocycles. The van der Waals surface area contributed by atoms with E-state index in [9.17, 15) is 8.42 Å². The molecule has 1 aromatic heterocycles. The van der Waals surface area contributed by atoms with Crippen molar-refractivity contribution in [1.82, 2.24) is 10.2 Å². The second-order valence-electron chi connectivity index (χ2n) is 4.42. The van der Waals surface area contributed by atoms with E-state index < -0.39 is 9.84 Å². The minimum atomic E-state index is -3.62. The first-order valence-electron chi connectivity index (χ1n) is 6.39. The molecule has 112 valence electrons. The molecule has 22 heavy (non-hydrogen) atoms. The highest BCUT2D eigenvalue weighted by Gasteiger charge is 2.22. The first kappa shape index (κ1) is 14.7. The number of rotatable bonds is 4. The van der Waals surface area contributed by atoms with Crippen molar-refractivity contribution in [1.29, 1.82) is 0 Å². The monoisotopic (exact) mass is 332 g/mol. The quantitative estimate of drug-likeness (QED) is 0.734. The Labute approximate surface area is 132 Å². The minimum absolute atomic E-state index is 0.00971. The zero-order valence-corrected chi connectivity index (χ0v) is 13.3. The van der Waals surface area contributed by atoms with Crippen LogP contribution in [-0.4, -0.2) is 25.7 Å². The molecule has 5 nitrogen and oxygen atoms in total. The summed E-state index contributed by atoms with van der Waals surface area (Å²) in [6.45, 7) is 0. The van der Waals surface area contributed by atoms with Crippen LogP contribution in [0.3, 0.4) is 0 Å². The summed E-state index contributed by atoms with van der Waals surface area (Å²) in [4.78, 5) is 0.215. The topological polar surface area (TPSA) is 69.2 Å². The van der Waals surface area contributed by atoms with E-state index in [1.807, 2.05) is 12.1 Å². The van der Waals surface area contributed by atoms with E-state index in [1.54, 1.807) is 49.6 Å². The second-order valence-corrected chi connectivity index (χ2v) is 7.52. The SMILES string of the molecule is COc1ccc(-c2nnc(S(=O)(=O)c3ccccc3)s2)cc1. The lowest BCUT2D eigenvalue weighted by molar-refractivity contribution is 0.415. The second kappa shape index (κ2) is 5.86. The van der Waals surface area contributed by atoms with E-state index in [4.69, 9.17) is 4.74 Å². The van der Waals surface area contributed by atoms with Gasteiger partial charge in [0.25, 0.3) is 0 Å². The Morgan fingerprint density at radius 3 is 2.27 bits per heavy atom. The van der Waals surface area contributed by atoms with Crippen LogP contribution in [0.1, 0.15) is 0 Å². The van der Waals surface area contributed by atoms with Gasteiger partial charge in [0.05, 0.1) is 12.0 Å². The first-order chi connectivity index (χ1) is 10.6. The van der Waals surface area contributed by atoms with Gasteiger partial charge >= 0.3 is 0 Å². The average molecular weight is 332 g/mol. The van der Waals surface area contributed by atoms with E-state index in [2.05, 4.69) is 10.2 Å². The number of nitrogens with zero attached hydrogens (tertiary/aromatic N) is 2. The van der Waals surface area contributed by atoms with Gasteiger partial charge in [0.2, 0.25) is 14.2 Å². The molecule has 0 amide bonds. The van der Waals surface area contributed by atoms with Crippen LogP contribution < -0.4 is 4.74 Å². The Bertz CT molecular complexity index is 873. The summed E-state index contributed by atoms with van der Waals surface area (Å²) in [5.41, 5.74) is 0.799. The normalized spacial score (nSPS) is 11.3. The van der Waals surface area contributed by atoms with Gasteiger partial charge in [-0.1, -0.05) is 29.5 Å². The minimum Gasteiger partial charge on any atom is -0.497 e. The van der Waals surface area contributed by atoms with Gasteiger partial charge in [-0.05, 0) is 36.4 Å². The zero-order chi connectivity index (χ0) is 15.6. The summed E-state index contributed by atoms with van der Waals surface area (Å²) in [6.07, 6.45) is 0. The third kappa shape index (κ3) is 2.72. The Kier molecular flexibility index (Phi) is 3.91. The fourth-order valence-corrected chi connectivity index (χ4v) is 4.28. The molecular weight excluding hydrogens is 320 g/mol. The third-order valence-electron chi connectivity index (χ3n) is 3.03. The lowest BCUT2D eigenvalue weighted by atomic mass is 10.2. The van der Waals surface area contributed by atoms with Gasteiger partial charge in [0.1, 0.15) is 10.8 Å². The third-order valence-corrected chi connectivity index (χ3v) is 6.14. The molecule has 2 aromatic carbocycles. The molecule has 3 aromatic rings. The van der Waals surface area contributed by atoms with Gasteiger partial charge in [-0.2, -0.15) is 0 Å². The van der Waals surface area contributed by atoms with Crippen LogP contribution in [0.4, 0.5) is 0 Å². The van der Waals surface area contributed by atoms with Crippen LogP contribution >= 0.6 is 11.3 Å². The molecule has 3 rings (SSSR count). The lowest BCUT2D eigenvalue weighted by Gasteiger charge is -2.00. The first-order valence-corrected chi connectivity index (χ1v) is 8.69. The van der Waals surface area contributed by atoms with Gasteiger partial charge in [-0.25, -0.2) is 8.42 Å². The molecule has 0 aliphatic carbocycles. The van der Waals surface area contributed by atoms with Crippen LogP contribution in [0.5, 0.6) is 5.75 Å². The van der Waals surface area contributed by atoms with Crippen molar-refractivity contribution in [2.24, 2.45) is 0 Å². The van der Waals surface area contributed by atoms with Crippen molar-refractivity contribution in [2.45, 2.75) is 9.24 Å². The molecule has 0 atom stereocenters. The fourth-order valence-electron chi connectivity index (χ4n) is 1.87. The number of aromatic nitrogens is 2. The van der Waals surface area contributed by atoms with E-state index in [0.717, 1.165) is 22.6 Å².